The number of hydrogen-bond acceptors (Lipinski definition) is 6. The van der Waals surface area contributed by atoms with Crippen LogP contribution in [0.2, 0.25) is 0 Å². The Morgan fingerprint density at radius 1 is 1.29 bits per heavy atom. The smallest absolute Gasteiger partial charge is 0.170 e. The van der Waals surface area contributed by atoms with Gasteiger partial charge in [-0.2, -0.15) is 10.4 Å². The first-order valence-electron chi connectivity index (χ1n) is 7.58. The predicted octanol–water partition coefficient (Wildman–Crippen LogP) is 0.350. The van der Waals surface area contributed by atoms with Crippen LogP contribution in [0.1, 0.15) is 43.7 Å². The normalized spacial score (nSPS) is 29.6. The van der Waals surface area contributed by atoms with Crippen molar-refractivity contribution >= 4 is 11.6 Å². The van der Waals surface area contributed by atoms with Crippen molar-refractivity contribution in [3.8, 4) is 6.07 Å². The van der Waals surface area contributed by atoms with Gasteiger partial charge in [-0.15, -0.1) is 0 Å². The van der Waals surface area contributed by atoms with Crippen LogP contribution in [0.25, 0.3) is 0 Å². The van der Waals surface area contributed by atoms with Gasteiger partial charge in [0.25, 0.3) is 0 Å². The number of anilines is 2. The monoisotopic (exact) mass is 290 g/mol. The lowest BCUT2D eigenvalue weighted by atomic mass is 9.93. The van der Waals surface area contributed by atoms with Crippen molar-refractivity contribution in [1.29, 1.82) is 5.26 Å². The largest absolute Gasteiger partial charge is 0.391 e. The SMILES string of the molecule is N#Cc1c(N2CCC(N)C2)nn(C2CCCCC2O)c1N. The lowest BCUT2D eigenvalue weighted by Crippen LogP contribution is -2.30. The Balaban J connectivity index is 1.95. The zero-order valence-electron chi connectivity index (χ0n) is 12.1. The van der Waals surface area contributed by atoms with Crippen LogP contribution in [0.3, 0.4) is 0 Å². The number of aromatic nitrogens is 2. The van der Waals surface area contributed by atoms with E-state index in [1.54, 1.807) is 4.68 Å². The fraction of sp³-hybridized carbons (Fsp3) is 0.714. The van der Waals surface area contributed by atoms with Gasteiger partial charge in [-0.3, -0.25) is 0 Å². The van der Waals surface area contributed by atoms with Crippen molar-refractivity contribution in [2.45, 2.75) is 50.3 Å². The Bertz CT molecular complexity index is 563. The number of rotatable bonds is 2. The van der Waals surface area contributed by atoms with Crippen LogP contribution in [-0.4, -0.2) is 40.1 Å². The van der Waals surface area contributed by atoms with E-state index in [0.29, 0.717) is 23.7 Å². The van der Waals surface area contributed by atoms with Gasteiger partial charge in [-0.25, -0.2) is 4.68 Å². The van der Waals surface area contributed by atoms with Crippen LogP contribution in [0.15, 0.2) is 0 Å². The van der Waals surface area contributed by atoms with Crippen LogP contribution >= 0.6 is 0 Å². The molecule has 3 unspecified atom stereocenters. The molecule has 1 aliphatic heterocycles. The highest BCUT2D eigenvalue weighted by molar-refractivity contribution is 5.65. The summed E-state index contributed by atoms with van der Waals surface area (Å²) >= 11 is 0. The first-order valence-corrected chi connectivity index (χ1v) is 7.58. The van der Waals surface area contributed by atoms with E-state index >= 15 is 0 Å². The Labute approximate surface area is 124 Å². The van der Waals surface area contributed by atoms with Gasteiger partial charge in [0.15, 0.2) is 5.82 Å². The minimum atomic E-state index is -0.443. The Morgan fingerprint density at radius 2 is 2.05 bits per heavy atom. The molecule has 2 aliphatic rings. The second kappa shape index (κ2) is 5.54. The zero-order chi connectivity index (χ0) is 15.0. The zero-order valence-corrected chi connectivity index (χ0v) is 12.1. The summed E-state index contributed by atoms with van der Waals surface area (Å²) in [5.74, 6) is 0.972. The minimum absolute atomic E-state index is 0.114. The van der Waals surface area contributed by atoms with Gasteiger partial charge in [-0.05, 0) is 19.3 Å². The topological polar surface area (TPSA) is 117 Å². The second-order valence-corrected chi connectivity index (χ2v) is 6.05. The first kappa shape index (κ1) is 14.2. The molecule has 0 amide bonds. The molecule has 2 heterocycles. The molecule has 7 nitrogen and oxygen atoms in total. The number of aliphatic hydroxyl groups is 1. The summed E-state index contributed by atoms with van der Waals surface area (Å²) in [6.45, 7) is 1.48. The highest BCUT2D eigenvalue weighted by Gasteiger charge is 2.32. The molecule has 1 aromatic rings. The summed E-state index contributed by atoms with van der Waals surface area (Å²) in [5, 5.41) is 24.1. The van der Waals surface area contributed by atoms with Gasteiger partial charge in [-0.1, -0.05) is 12.8 Å². The van der Waals surface area contributed by atoms with Gasteiger partial charge in [0.2, 0.25) is 0 Å². The molecule has 0 spiro atoms. The molecule has 1 saturated heterocycles. The van der Waals surface area contributed by atoms with Gasteiger partial charge in [0, 0.05) is 19.1 Å². The van der Waals surface area contributed by atoms with E-state index in [0.717, 1.165) is 38.6 Å². The molecule has 7 heteroatoms. The van der Waals surface area contributed by atoms with E-state index in [4.69, 9.17) is 11.5 Å². The molecule has 1 saturated carbocycles. The maximum Gasteiger partial charge on any atom is 0.170 e. The van der Waals surface area contributed by atoms with Crippen molar-refractivity contribution in [2.75, 3.05) is 23.7 Å². The van der Waals surface area contributed by atoms with E-state index in [9.17, 15) is 10.4 Å². The van der Waals surface area contributed by atoms with Crippen LogP contribution in [0.4, 0.5) is 11.6 Å². The molecule has 5 N–H and O–H groups in total. The summed E-state index contributed by atoms with van der Waals surface area (Å²) in [6.07, 6.45) is 4.13. The lowest BCUT2D eigenvalue weighted by Gasteiger charge is -2.28. The molecule has 3 rings (SSSR count). The van der Waals surface area contributed by atoms with Gasteiger partial charge < -0.3 is 21.5 Å². The minimum Gasteiger partial charge on any atom is -0.391 e. The molecule has 0 aromatic carbocycles. The molecule has 21 heavy (non-hydrogen) atoms. The standard InChI is InChI=1S/C14H22N6O/c15-7-10-13(17)20(11-3-1-2-4-12(11)21)18-14(10)19-6-5-9(16)8-19/h9,11-12,21H,1-6,8,16-17H2. The van der Waals surface area contributed by atoms with Crippen molar-refractivity contribution in [3.05, 3.63) is 5.56 Å². The molecule has 1 aromatic heterocycles. The molecule has 0 bridgehead atoms. The van der Waals surface area contributed by atoms with Crippen LogP contribution in [0, 0.1) is 11.3 Å². The van der Waals surface area contributed by atoms with E-state index in [1.165, 1.54) is 0 Å². The number of aliphatic hydroxyl groups excluding tert-OH is 1. The highest BCUT2D eigenvalue weighted by atomic mass is 16.3. The average Bonchev–Trinajstić information content (AvgIpc) is 3.03. The molecule has 114 valence electrons. The molecule has 3 atom stereocenters. The van der Waals surface area contributed by atoms with E-state index in [-0.39, 0.29) is 12.1 Å². The van der Waals surface area contributed by atoms with Crippen molar-refractivity contribution < 1.29 is 5.11 Å². The maximum atomic E-state index is 10.2. The molecule has 1 aliphatic carbocycles. The fourth-order valence-electron chi connectivity index (χ4n) is 3.37. The van der Waals surface area contributed by atoms with Crippen molar-refractivity contribution in [3.63, 3.8) is 0 Å². The number of nitrogens with two attached hydrogens (primary N) is 2. The molecule has 2 fully saturated rings. The molecular weight excluding hydrogens is 268 g/mol. The van der Waals surface area contributed by atoms with Crippen molar-refractivity contribution in [2.24, 2.45) is 5.73 Å². The molecule has 0 radical (unpaired) electrons. The van der Waals surface area contributed by atoms with Crippen LogP contribution in [-0.2, 0) is 0 Å². The quantitative estimate of drug-likeness (QED) is 0.723. The van der Waals surface area contributed by atoms with Crippen LogP contribution in [0.5, 0.6) is 0 Å². The summed E-state index contributed by atoms with van der Waals surface area (Å²) in [6, 6.07) is 2.14. The molecular formula is C14H22N6O. The average molecular weight is 290 g/mol. The summed E-state index contributed by atoms with van der Waals surface area (Å²) in [7, 11) is 0. The van der Waals surface area contributed by atoms with Gasteiger partial charge >= 0.3 is 0 Å². The number of nitriles is 1. The first-order chi connectivity index (χ1) is 10.1. The third-order valence-electron chi connectivity index (χ3n) is 4.57. The second-order valence-electron chi connectivity index (χ2n) is 6.05. The summed E-state index contributed by atoms with van der Waals surface area (Å²) in [5.41, 5.74) is 12.5. The Hall–Kier alpha value is -1.78. The number of nitrogen functional groups attached to an aromatic ring is 1. The Morgan fingerprint density at radius 3 is 2.67 bits per heavy atom. The van der Waals surface area contributed by atoms with Crippen LogP contribution < -0.4 is 16.4 Å². The fourth-order valence-corrected chi connectivity index (χ4v) is 3.37. The number of nitrogens with zero attached hydrogens (tertiary/aromatic N) is 4. The highest BCUT2D eigenvalue weighted by Crippen LogP contribution is 2.34. The Kier molecular flexibility index (Phi) is 3.74. The predicted molar refractivity (Wildman–Crippen MR) is 79.7 cm³/mol. The van der Waals surface area contributed by atoms with E-state index in [1.807, 2.05) is 4.90 Å². The van der Waals surface area contributed by atoms with E-state index in [2.05, 4.69) is 11.2 Å². The van der Waals surface area contributed by atoms with Gasteiger partial charge in [0.05, 0.1) is 12.1 Å². The summed E-state index contributed by atoms with van der Waals surface area (Å²) in [4.78, 5) is 2.02. The van der Waals surface area contributed by atoms with E-state index < -0.39 is 6.10 Å². The van der Waals surface area contributed by atoms with Gasteiger partial charge in [0.1, 0.15) is 17.5 Å². The maximum absolute atomic E-state index is 10.2. The summed E-state index contributed by atoms with van der Waals surface area (Å²) < 4.78 is 1.65. The van der Waals surface area contributed by atoms with Crippen molar-refractivity contribution in [1.82, 2.24) is 9.78 Å². The third-order valence-corrected chi connectivity index (χ3v) is 4.57. The lowest BCUT2D eigenvalue weighted by molar-refractivity contribution is 0.0706. The third kappa shape index (κ3) is 2.45. The number of hydrogen-bond donors (Lipinski definition) is 3.